The second kappa shape index (κ2) is 6.06. The molecule has 0 spiro atoms. The number of likely N-dealkylation sites (N-methyl/N-ethyl adjacent to an activating group) is 1. The second-order valence-corrected chi connectivity index (χ2v) is 4.76. The van der Waals surface area contributed by atoms with E-state index in [4.69, 9.17) is 0 Å². The number of pyridine rings is 1. The molecule has 0 bridgehead atoms. The fourth-order valence-corrected chi connectivity index (χ4v) is 2.41. The molecule has 5 nitrogen and oxygen atoms in total. The Balaban J connectivity index is 2.23. The van der Waals surface area contributed by atoms with E-state index in [2.05, 4.69) is 43.2 Å². The van der Waals surface area contributed by atoms with Crippen LogP contribution in [0.1, 0.15) is 24.5 Å². The van der Waals surface area contributed by atoms with Crippen LogP contribution in [0.25, 0.3) is 0 Å². The summed E-state index contributed by atoms with van der Waals surface area (Å²) >= 11 is 3.53. The molecule has 0 radical (unpaired) electrons. The highest BCUT2D eigenvalue weighted by molar-refractivity contribution is 9.10. The summed E-state index contributed by atoms with van der Waals surface area (Å²) < 4.78 is 2.91. The molecule has 2 rings (SSSR count). The monoisotopic (exact) mass is 309 g/mol. The van der Waals surface area contributed by atoms with E-state index in [0.717, 1.165) is 29.0 Å². The Morgan fingerprint density at radius 1 is 1.44 bits per heavy atom. The predicted octanol–water partition coefficient (Wildman–Crippen LogP) is 1.96. The van der Waals surface area contributed by atoms with Crippen molar-refractivity contribution < 1.29 is 0 Å². The molecule has 0 aliphatic carbocycles. The summed E-state index contributed by atoms with van der Waals surface area (Å²) in [5, 5.41) is 7.46. The Kier molecular flexibility index (Phi) is 4.43. The Hall–Kier alpha value is -1.27. The topological polar surface area (TPSA) is 55.6 Å². The molecule has 0 aliphatic rings. The minimum Gasteiger partial charge on any atom is -0.311 e. The molecule has 0 saturated carbocycles. The molecule has 18 heavy (non-hydrogen) atoms. The van der Waals surface area contributed by atoms with Gasteiger partial charge in [-0.05, 0) is 42.0 Å². The lowest BCUT2D eigenvalue weighted by Crippen LogP contribution is -2.22. The fourth-order valence-electron chi connectivity index (χ4n) is 1.88. The summed E-state index contributed by atoms with van der Waals surface area (Å²) in [5.41, 5.74) is 0.991. The number of hydrogen-bond donors (Lipinski definition) is 1. The molecule has 2 heterocycles. The van der Waals surface area contributed by atoms with Gasteiger partial charge in [0.25, 0.3) is 0 Å². The van der Waals surface area contributed by atoms with Gasteiger partial charge in [-0.15, -0.1) is 0 Å². The van der Waals surface area contributed by atoms with E-state index in [-0.39, 0.29) is 6.04 Å². The maximum atomic E-state index is 4.42. The quantitative estimate of drug-likeness (QED) is 0.917. The van der Waals surface area contributed by atoms with E-state index in [1.165, 1.54) is 0 Å². The number of aromatic nitrogens is 4. The second-order valence-electron chi connectivity index (χ2n) is 3.91. The number of hydrogen-bond acceptors (Lipinski definition) is 4. The van der Waals surface area contributed by atoms with Crippen molar-refractivity contribution in [3.8, 4) is 0 Å². The zero-order valence-electron chi connectivity index (χ0n) is 10.5. The SMILES string of the molecule is CCn1ncnc1CC(NC)c1ncccc1Br. The zero-order valence-corrected chi connectivity index (χ0v) is 12.1. The van der Waals surface area contributed by atoms with Crippen LogP contribution < -0.4 is 5.32 Å². The first kappa shape index (κ1) is 13.2. The highest BCUT2D eigenvalue weighted by Crippen LogP contribution is 2.22. The maximum absolute atomic E-state index is 4.42. The predicted molar refractivity (Wildman–Crippen MR) is 73.1 cm³/mol. The molecule has 0 aliphatic heterocycles. The lowest BCUT2D eigenvalue weighted by atomic mass is 10.1. The number of nitrogens with zero attached hydrogens (tertiary/aromatic N) is 4. The molecule has 0 saturated heterocycles. The van der Waals surface area contributed by atoms with Gasteiger partial charge in [-0.25, -0.2) is 4.98 Å². The molecular weight excluding hydrogens is 294 g/mol. The van der Waals surface area contributed by atoms with Gasteiger partial charge in [0, 0.05) is 23.6 Å². The van der Waals surface area contributed by atoms with E-state index < -0.39 is 0 Å². The first-order chi connectivity index (χ1) is 8.76. The van der Waals surface area contributed by atoms with Crippen LogP contribution in [0.2, 0.25) is 0 Å². The van der Waals surface area contributed by atoms with Gasteiger partial charge in [-0.3, -0.25) is 9.67 Å². The largest absolute Gasteiger partial charge is 0.311 e. The molecule has 1 N–H and O–H groups in total. The van der Waals surface area contributed by atoms with Crippen LogP contribution >= 0.6 is 15.9 Å². The molecule has 2 aromatic heterocycles. The van der Waals surface area contributed by atoms with E-state index in [1.54, 1.807) is 12.5 Å². The average molecular weight is 310 g/mol. The number of nitrogens with one attached hydrogen (secondary N) is 1. The van der Waals surface area contributed by atoms with Crippen LogP contribution in [-0.2, 0) is 13.0 Å². The van der Waals surface area contributed by atoms with Crippen LogP contribution in [0.5, 0.6) is 0 Å². The Morgan fingerprint density at radius 2 is 2.28 bits per heavy atom. The molecule has 6 heteroatoms. The van der Waals surface area contributed by atoms with E-state index >= 15 is 0 Å². The Morgan fingerprint density at radius 3 is 2.94 bits per heavy atom. The number of aryl methyl sites for hydroxylation is 1. The van der Waals surface area contributed by atoms with Crippen molar-refractivity contribution in [3.63, 3.8) is 0 Å². The number of rotatable bonds is 5. The third-order valence-corrected chi connectivity index (χ3v) is 3.52. The van der Waals surface area contributed by atoms with Gasteiger partial charge >= 0.3 is 0 Å². The van der Waals surface area contributed by atoms with Crippen LogP contribution in [-0.4, -0.2) is 26.8 Å². The molecule has 96 valence electrons. The van der Waals surface area contributed by atoms with Gasteiger partial charge in [-0.2, -0.15) is 5.10 Å². The van der Waals surface area contributed by atoms with Gasteiger partial charge < -0.3 is 5.32 Å². The van der Waals surface area contributed by atoms with Gasteiger partial charge in [0.2, 0.25) is 0 Å². The van der Waals surface area contributed by atoms with Crippen molar-refractivity contribution in [1.29, 1.82) is 0 Å². The van der Waals surface area contributed by atoms with Gasteiger partial charge in [0.1, 0.15) is 12.2 Å². The Bertz CT molecular complexity index is 511. The van der Waals surface area contributed by atoms with Crippen LogP contribution in [0.3, 0.4) is 0 Å². The number of halogens is 1. The van der Waals surface area contributed by atoms with E-state index in [9.17, 15) is 0 Å². The summed E-state index contributed by atoms with van der Waals surface area (Å²) in [7, 11) is 1.93. The van der Waals surface area contributed by atoms with Crippen molar-refractivity contribution in [2.75, 3.05) is 7.05 Å². The lowest BCUT2D eigenvalue weighted by molar-refractivity contribution is 0.523. The molecule has 1 unspecified atom stereocenters. The summed E-state index contributed by atoms with van der Waals surface area (Å²) in [4.78, 5) is 8.72. The summed E-state index contributed by atoms with van der Waals surface area (Å²) in [5.74, 6) is 0.967. The third-order valence-electron chi connectivity index (χ3n) is 2.85. The molecular formula is C12H16BrN5. The minimum atomic E-state index is 0.120. The zero-order chi connectivity index (χ0) is 13.0. The molecule has 2 aromatic rings. The molecule has 0 amide bonds. The Labute approximate surface area is 115 Å². The van der Waals surface area contributed by atoms with Crippen molar-refractivity contribution in [2.24, 2.45) is 0 Å². The van der Waals surface area contributed by atoms with E-state index in [0.29, 0.717) is 0 Å². The summed E-state index contributed by atoms with van der Waals surface area (Å²) in [6.07, 6.45) is 4.16. The van der Waals surface area contributed by atoms with Crippen molar-refractivity contribution >= 4 is 15.9 Å². The summed E-state index contributed by atoms with van der Waals surface area (Å²) in [6, 6.07) is 4.03. The summed E-state index contributed by atoms with van der Waals surface area (Å²) in [6.45, 7) is 2.89. The van der Waals surface area contributed by atoms with Crippen molar-refractivity contribution in [1.82, 2.24) is 25.1 Å². The smallest absolute Gasteiger partial charge is 0.138 e. The molecule has 0 fully saturated rings. The lowest BCUT2D eigenvalue weighted by Gasteiger charge is -2.16. The molecule has 0 aromatic carbocycles. The highest BCUT2D eigenvalue weighted by atomic mass is 79.9. The van der Waals surface area contributed by atoms with Gasteiger partial charge in [0.05, 0.1) is 11.7 Å². The van der Waals surface area contributed by atoms with Crippen molar-refractivity contribution in [3.05, 3.63) is 40.6 Å². The van der Waals surface area contributed by atoms with Gasteiger partial charge in [0.15, 0.2) is 0 Å². The standard InChI is InChI=1S/C12H16BrN5/c1-3-18-11(16-8-17-18)7-10(14-2)12-9(13)5-4-6-15-12/h4-6,8,10,14H,3,7H2,1-2H3. The third kappa shape index (κ3) is 2.76. The maximum Gasteiger partial charge on any atom is 0.138 e. The van der Waals surface area contributed by atoms with Crippen molar-refractivity contribution in [2.45, 2.75) is 25.9 Å². The first-order valence-electron chi connectivity index (χ1n) is 5.90. The minimum absolute atomic E-state index is 0.120. The van der Waals surface area contributed by atoms with Gasteiger partial charge in [-0.1, -0.05) is 0 Å². The first-order valence-corrected chi connectivity index (χ1v) is 6.70. The fraction of sp³-hybridized carbons (Fsp3) is 0.417. The average Bonchev–Trinajstić information content (AvgIpc) is 2.84. The highest BCUT2D eigenvalue weighted by Gasteiger charge is 2.17. The normalized spacial score (nSPS) is 12.6. The van der Waals surface area contributed by atoms with Crippen LogP contribution in [0.15, 0.2) is 29.1 Å². The van der Waals surface area contributed by atoms with Crippen LogP contribution in [0.4, 0.5) is 0 Å². The molecule has 1 atom stereocenters. The van der Waals surface area contributed by atoms with Crippen LogP contribution in [0, 0.1) is 0 Å². The van der Waals surface area contributed by atoms with E-state index in [1.807, 2.05) is 23.9 Å².